The van der Waals surface area contributed by atoms with Crippen LogP contribution in [0.15, 0.2) is 53.3 Å². The molecule has 16 heavy (non-hydrogen) atoms. The van der Waals surface area contributed by atoms with Crippen LogP contribution >= 0.6 is 15.9 Å². The fraction of sp³-hybridized carbons (Fsp3) is 0.154. The maximum Gasteiger partial charge on any atom is 0.0500 e. The normalized spacial score (nSPS) is 12.1. The number of hydrogen-bond donors (Lipinski definition) is 1. The zero-order valence-corrected chi connectivity index (χ0v) is 10.6. The van der Waals surface area contributed by atoms with Crippen LogP contribution in [0.1, 0.15) is 18.5 Å². The lowest BCUT2D eigenvalue weighted by Gasteiger charge is -2.15. The van der Waals surface area contributed by atoms with E-state index in [0.29, 0.717) is 0 Å². The van der Waals surface area contributed by atoms with E-state index < -0.39 is 0 Å². The average molecular weight is 277 g/mol. The molecule has 1 heterocycles. The number of aromatic nitrogens is 1. The summed E-state index contributed by atoms with van der Waals surface area (Å²) in [5, 5.41) is 3.43. The highest BCUT2D eigenvalue weighted by molar-refractivity contribution is 9.10. The Morgan fingerprint density at radius 1 is 1.25 bits per heavy atom. The van der Waals surface area contributed by atoms with Crippen molar-refractivity contribution >= 4 is 21.6 Å². The SMILES string of the molecule is CC(Nc1cccc(Br)c1)c1cccnc1. The van der Waals surface area contributed by atoms with Crippen molar-refractivity contribution in [1.82, 2.24) is 4.98 Å². The average Bonchev–Trinajstić information content (AvgIpc) is 2.30. The largest absolute Gasteiger partial charge is 0.378 e. The van der Waals surface area contributed by atoms with Gasteiger partial charge in [0, 0.05) is 22.6 Å². The molecule has 0 aliphatic rings. The van der Waals surface area contributed by atoms with Gasteiger partial charge in [-0.15, -0.1) is 0 Å². The van der Waals surface area contributed by atoms with Crippen molar-refractivity contribution in [3.8, 4) is 0 Å². The second kappa shape index (κ2) is 5.12. The first-order valence-electron chi connectivity index (χ1n) is 5.18. The Morgan fingerprint density at radius 3 is 2.81 bits per heavy atom. The van der Waals surface area contributed by atoms with Gasteiger partial charge in [0.1, 0.15) is 0 Å². The second-order valence-corrected chi connectivity index (χ2v) is 4.58. The molecule has 2 aromatic rings. The minimum atomic E-state index is 0.253. The van der Waals surface area contributed by atoms with Crippen molar-refractivity contribution in [2.75, 3.05) is 5.32 Å². The van der Waals surface area contributed by atoms with E-state index in [0.717, 1.165) is 10.2 Å². The smallest absolute Gasteiger partial charge is 0.0500 e. The maximum absolute atomic E-state index is 4.12. The summed E-state index contributed by atoms with van der Waals surface area (Å²) in [7, 11) is 0. The number of hydrogen-bond acceptors (Lipinski definition) is 2. The van der Waals surface area contributed by atoms with Crippen LogP contribution in [0, 0.1) is 0 Å². The highest BCUT2D eigenvalue weighted by atomic mass is 79.9. The second-order valence-electron chi connectivity index (χ2n) is 3.66. The number of rotatable bonds is 3. The lowest BCUT2D eigenvalue weighted by atomic mass is 10.1. The van der Waals surface area contributed by atoms with Gasteiger partial charge < -0.3 is 5.32 Å². The summed E-state index contributed by atoms with van der Waals surface area (Å²) in [6.45, 7) is 2.12. The predicted molar refractivity (Wildman–Crippen MR) is 70.4 cm³/mol. The Bertz CT molecular complexity index is 456. The first-order valence-corrected chi connectivity index (χ1v) is 5.97. The fourth-order valence-electron chi connectivity index (χ4n) is 1.54. The summed E-state index contributed by atoms with van der Waals surface area (Å²) in [6.07, 6.45) is 3.67. The van der Waals surface area contributed by atoms with Crippen LogP contribution in [-0.4, -0.2) is 4.98 Å². The van der Waals surface area contributed by atoms with Gasteiger partial charge >= 0.3 is 0 Å². The third kappa shape index (κ3) is 2.83. The van der Waals surface area contributed by atoms with Gasteiger partial charge in [-0.25, -0.2) is 0 Å². The summed E-state index contributed by atoms with van der Waals surface area (Å²) in [5.41, 5.74) is 2.29. The first-order chi connectivity index (χ1) is 7.75. The summed E-state index contributed by atoms with van der Waals surface area (Å²) in [5.74, 6) is 0. The predicted octanol–water partition coefficient (Wildman–Crippen LogP) is 4.02. The molecular formula is C13H13BrN2. The van der Waals surface area contributed by atoms with E-state index in [2.05, 4.69) is 51.4 Å². The Labute approximate surface area is 104 Å². The van der Waals surface area contributed by atoms with E-state index in [-0.39, 0.29) is 6.04 Å². The molecular weight excluding hydrogens is 264 g/mol. The first kappa shape index (κ1) is 11.1. The molecule has 3 heteroatoms. The van der Waals surface area contributed by atoms with Crippen LogP contribution in [0.25, 0.3) is 0 Å². The van der Waals surface area contributed by atoms with E-state index in [4.69, 9.17) is 0 Å². The maximum atomic E-state index is 4.12. The third-order valence-electron chi connectivity index (χ3n) is 2.39. The fourth-order valence-corrected chi connectivity index (χ4v) is 1.94. The molecule has 0 amide bonds. The zero-order chi connectivity index (χ0) is 11.4. The van der Waals surface area contributed by atoms with E-state index in [1.54, 1.807) is 6.20 Å². The van der Waals surface area contributed by atoms with Gasteiger partial charge in [-0.2, -0.15) is 0 Å². The van der Waals surface area contributed by atoms with Crippen LogP contribution in [0.5, 0.6) is 0 Å². The molecule has 0 aliphatic carbocycles. The van der Waals surface area contributed by atoms with E-state index in [1.165, 1.54) is 5.56 Å². The molecule has 1 aromatic heterocycles. The number of pyridine rings is 1. The third-order valence-corrected chi connectivity index (χ3v) is 2.89. The monoisotopic (exact) mass is 276 g/mol. The molecule has 1 aromatic carbocycles. The standard InChI is InChI=1S/C13H13BrN2/c1-10(11-4-3-7-15-9-11)16-13-6-2-5-12(14)8-13/h2-10,16H,1H3. The zero-order valence-electron chi connectivity index (χ0n) is 9.02. The molecule has 0 radical (unpaired) electrons. The van der Waals surface area contributed by atoms with Crippen molar-refractivity contribution in [1.29, 1.82) is 0 Å². The summed E-state index contributed by atoms with van der Waals surface area (Å²) >= 11 is 3.46. The van der Waals surface area contributed by atoms with Crippen LogP contribution in [0.4, 0.5) is 5.69 Å². The highest BCUT2D eigenvalue weighted by Crippen LogP contribution is 2.21. The van der Waals surface area contributed by atoms with Crippen molar-refractivity contribution in [2.45, 2.75) is 13.0 Å². The summed E-state index contributed by atoms with van der Waals surface area (Å²) in [4.78, 5) is 4.12. The van der Waals surface area contributed by atoms with Gasteiger partial charge in [-0.05, 0) is 36.8 Å². The summed E-state index contributed by atoms with van der Waals surface area (Å²) in [6, 6.07) is 12.4. The molecule has 2 nitrogen and oxygen atoms in total. The molecule has 0 fully saturated rings. The van der Waals surface area contributed by atoms with Crippen LogP contribution in [0.3, 0.4) is 0 Å². The number of anilines is 1. The Hall–Kier alpha value is -1.35. The van der Waals surface area contributed by atoms with Gasteiger partial charge in [0.15, 0.2) is 0 Å². The molecule has 1 atom stereocenters. The van der Waals surface area contributed by atoms with Gasteiger partial charge in [-0.3, -0.25) is 4.98 Å². The molecule has 0 spiro atoms. The summed E-state index contributed by atoms with van der Waals surface area (Å²) < 4.78 is 1.08. The Kier molecular flexibility index (Phi) is 3.57. The molecule has 0 aliphatic heterocycles. The molecule has 0 bridgehead atoms. The van der Waals surface area contributed by atoms with Gasteiger partial charge in [-0.1, -0.05) is 28.1 Å². The molecule has 0 saturated heterocycles. The minimum Gasteiger partial charge on any atom is -0.378 e. The van der Waals surface area contributed by atoms with E-state index in [1.807, 2.05) is 24.4 Å². The molecule has 82 valence electrons. The minimum absolute atomic E-state index is 0.253. The topological polar surface area (TPSA) is 24.9 Å². The molecule has 2 rings (SSSR count). The lowest BCUT2D eigenvalue weighted by Crippen LogP contribution is -2.06. The highest BCUT2D eigenvalue weighted by Gasteiger charge is 2.04. The van der Waals surface area contributed by atoms with Crippen LogP contribution < -0.4 is 5.32 Å². The van der Waals surface area contributed by atoms with E-state index in [9.17, 15) is 0 Å². The number of nitrogens with zero attached hydrogens (tertiary/aromatic N) is 1. The molecule has 1 N–H and O–H groups in total. The number of halogens is 1. The van der Waals surface area contributed by atoms with Gasteiger partial charge in [0.05, 0.1) is 6.04 Å². The van der Waals surface area contributed by atoms with Gasteiger partial charge in [0.2, 0.25) is 0 Å². The molecule has 1 unspecified atom stereocenters. The lowest BCUT2D eigenvalue weighted by molar-refractivity contribution is 0.875. The van der Waals surface area contributed by atoms with E-state index >= 15 is 0 Å². The van der Waals surface area contributed by atoms with Crippen molar-refractivity contribution in [3.63, 3.8) is 0 Å². The van der Waals surface area contributed by atoms with Crippen molar-refractivity contribution in [3.05, 3.63) is 58.8 Å². The van der Waals surface area contributed by atoms with Gasteiger partial charge in [0.25, 0.3) is 0 Å². The number of benzene rings is 1. The van der Waals surface area contributed by atoms with Crippen molar-refractivity contribution in [2.24, 2.45) is 0 Å². The number of nitrogens with one attached hydrogen (secondary N) is 1. The quantitative estimate of drug-likeness (QED) is 0.916. The Balaban J connectivity index is 2.11. The van der Waals surface area contributed by atoms with Crippen molar-refractivity contribution < 1.29 is 0 Å². The van der Waals surface area contributed by atoms with Crippen LogP contribution in [-0.2, 0) is 0 Å². The molecule has 0 saturated carbocycles. The van der Waals surface area contributed by atoms with Crippen LogP contribution in [0.2, 0.25) is 0 Å². The Morgan fingerprint density at radius 2 is 2.12 bits per heavy atom.